The van der Waals surface area contributed by atoms with Crippen molar-refractivity contribution in [3.63, 3.8) is 0 Å². The minimum Gasteiger partial charge on any atom is -0.383 e. The molecule has 0 atom stereocenters. The van der Waals surface area contributed by atoms with Crippen LogP contribution in [0.2, 0.25) is 5.02 Å². The van der Waals surface area contributed by atoms with E-state index in [-0.39, 0.29) is 22.4 Å². The molecule has 0 unspecified atom stereocenters. The van der Waals surface area contributed by atoms with Crippen LogP contribution >= 0.6 is 34.7 Å². The SMILES string of the molecule is COCCNc1nnc(SCC(=O)Nc2ccc([N+](=O)[O-])cc2Cl)s1. The van der Waals surface area contributed by atoms with Gasteiger partial charge in [0.1, 0.15) is 0 Å². The summed E-state index contributed by atoms with van der Waals surface area (Å²) in [6, 6.07) is 3.86. The van der Waals surface area contributed by atoms with E-state index in [2.05, 4.69) is 20.8 Å². The number of nitro groups is 1. The Labute approximate surface area is 156 Å². The van der Waals surface area contributed by atoms with Crippen LogP contribution in [0.5, 0.6) is 0 Å². The number of thioether (sulfide) groups is 1. The number of hydrogen-bond donors (Lipinski definition) is 2. The third kappa shape index (κ3) is 6.12. The first-order valence-corrected chi connectivity index (χ1v) is 9.10. The first-order chi connectivity index (χ1) is 12.0. The fourth-order valence-electron chi connectivity index (χ4n) is 1.63. The lowest BCUT2D eigenvalue weighted by atomic mass is 10.3. The molecule has 25 heavy (non-hydrogen) atoms. The zero-order valence-corrected chi connectivity index (χ0v) is 15.4. The topological polar surface area (TPSA) is 119 Å². The number of hydrogen-bond acceptors (Lipinski definition) is 9. The van der Waals surface area contributed by atoms with E-state index in [0.29, 0.717) is 28.3 Å². The first-order valence-electron chi connectivity index (χ1n) is 6.92. The maximum Gasteiger partial charge on any atom is 0.271 e. The van der Waals surface area contributed by atoms with Crippen LogP contribution in [-0.2, 0) is 9.53 Å². The summed E-state index contributed by atoms with van der Waals surface area (Å²) in [4.78, 5) is 22.1. The van der Waals surface area contributed by atoms with Crippen LogP contribution in [0.1, 0.15) is 0 Å². The molecule has 2 aromatic rings. The fraction of sp³-hybridized carbons (Fsp3) is 0.308. The molecule has 1 heterocycles. The van der Waals surface area contributed by atoms with Gasteiger partial charge in [0.25, 0.3) is 5.69 Å². The highest BCUT2D eigenvalue weighted by Gasteiger charge is 2.13. The number of methoxy groups -OCH3 is 1. The minimum absolute atomic E-state index is 0.105. The van der Waals surface area contributed by atoms with E-state index in [1.54, 1.807) is 7.11 Å². The molecule has 2 N–H and O–H groups in total. The van der Waals surface area contributed by atoms with Gasteiger partial charge in [0.2, 0.25) is 11.0 Å². The largest absolute Gasteiger partial charge is 0.383 e. The Morgan fingerprint density at radius 2 is 2.28 bits per heavy atom. The number of rotatable bonds is 9. The lowest BCUT2D eigenvalue weighted by Crippen LogP contribution is -2.14. The van der Waals surface area contributed by atoms with E-state index in [4.69, 9.17) is 16.3 Å². The predicted octanol–water partition coefficient (Wildman–Crippen LogP) is 2.89. The maximum atomic E-state index is 12.0. The van der Waals surface area contributed by atoms with E-state index in [1.165, 1.54) is 41.3 Å². The maximum absolute atomic E-state index is 12.0. The van der Waals surface area contributed by atoms with Gasteiger partial charge < -0.3 is 15.4 Å². The van der Waals surface area contributed by atoms with Gasteiger partial charge in [-0.3, -0.25) is 14.9 Å². The summed E-state index contributed by atoms with van der Waals surface area (Å²) in [5.41, 5.74) is 0.178. The van der Waals surface area contributed by atoms with Crippen LogP contribution in [0, 0.1) is 10.1 Å². The van der Waals surface area contributed by atoms with Gasteiger partial charge in [-0.15, -0.1) is 10.2 Å². The summed E-state index contributed by atoms with van der Waals surface area (Å²) in [5, 5.41) is 25.0. The lowest BCUT2D eigenvalue weighted by Gasteiger charge is -2.06. The van der Waals surface area contributed by atoms with Crippen molar-refractivity contribution >= 4 is 57.1 Å². The predicted molar refractivity (Wildman–Crippen MR) is 97.7 cm³/mol. The molecule has 0 saturated heterocycles. The molecule has 134 valence electrons. The molecule has 0 aliphatic rings. The second kappa shape index (κ2) is 9.51. The highest BCUT2D eigenvalue weighted by molar-refractivity contribution is 8.01. The number of carbonyl (C=O) groups excluding carboxylic acids is 1. The van der Waals surface area contributed by atoms with Crippen LogP contribution in [0.3, 0.4) is 0 Å². The molecular formula is C13H14ClN5O4S2. The van der Waals surface area contributed by atoms with Crippen LogP contribution in [-0.4, -0.2) is 47.0 Å². The molecule has 1 aromatic heterocycles. The van der Waals surface area contributed by atoms with Crippen molar-refractivity contribution in [1.82, 2.24) is 10.2 Å². The van der Waals surface area contributed by atoms with E-state index in [0.717, 1.165) is 0 Å². The van der Waals surface area contributed by atoms with Crippen molar-refractivity contribution in [3.05, 3.63) is 33.3 Å². The Hall–Kier alpha value is -1.95. The van der Waals surface area contributed by atoms with Crippen molar-refractivity contribution in [2.75, 3.05) is 36.6 Å². The molecule has 0 fully saturated rings. The van der Waals surface area contributed by atoms with Crippen molar-refractivity contribution in [2.24, 2.45) is 0 Å². The Morgan fingerprint density at radius 1 is 1.48 bits per heavy atom. The van der Waals surface area contributed by atoms with Gasteiger partial charge in [-0.05, 0) is 6.07 Å². The zero-order chi connectivity index (χ0) is 18.2. The number of halogens is 1. The van der Waals surface area contributed by atoms with Crippen LogP contribution in [0.25, 0.3) is 0 Å². The monoisotopic (exact) mass is 403 g/mol. The summed E-state index contributed by atoms with van der Waals surface area (Å²) < 4.78 is 5.57. The second-order valence-electron chi connectivity index (χ2n) is 4.55. The molecule has 0 bridgehead atoms. The van der Waals surface area contributed by atoms with Gasteiger partial charge in [-0.1, -0.05) is 34.7 Å². The van der Waals surface area contributed by atoms with Crippen molar-refractivity contribution in [3.8, 4) is 0 Å². The van der Waals surface area contributed by atoms with E-state index in [1.807, 2.05) is 0 Å². The number of carbonyl (C=O) groups is 1. The third-order valence-electron chi connectivity index (χ3n) is 2.75. The fourth-order valence-corrected chi connectivity index (χ4v) is 3.43. The number of nitrogens with zero attached hydrogens (tertiary/aromatic N) is 3. The van der Waals surface area contributed by atoms with Gasteiger partial charge >= 0.3 is 0 Å². The average molecular weight is 404 g/mol. The smallest absolute Gasteiger partial charge is 0.271 e. The molecule has 12 heteroatoms. The second-order valence-corrected chi connectivity index (χ2v) is 7.16. The molecule has 9 nitrogen and oxygen atoms in total. The molecule has 0 spiro atoms. The number of ether oxygens (including phenoxy) is 1. The van der Waals surface area contributed by atoms with Gasteiger partial charge in [0.15, 0.2) is 4.34 Å². The number of anilines is 2. The molecule has 0 radical (unpaired) electrons. The molecule has 1 amide bonds. The van der Waals surface area contributed by atoms with Gasteiger partial charge in [0.05, 0.1) is 28.0 Å². The molecule has 0 aliphatic heterocycles. The summed E-state index contributed by atoms with van der Waals surface area (Å²) in [5.74, 6) is -0.190. The average Bonchev–Trinajstić information content (AvgIpc) is 3.03. The lowest BCUT2D eigenvalue weighted by molar-refractivity contribution is -0.384. The van der Waals surface area contributed by atoms with Gasteiger partial charge in [0, 0.05) is 25.8 Å². The van der Waals surface area contributed by atoms with Crippen molar-refractivity contribution in [1.29, 1.82) is 0 Å². The van der Waals surface area contributed by atoms with E-state index >= 15 is 0 Å². The van der Waals surface area contributed by atoms with E-state index in [9.17, 15) is 14.9 Å². The van der Waals surface area contributed by atoms with Crippen LogP contribution < -0.4 is 10.6 Å². The van der Waals surface area contributed by atoms with Gasteiger partial charge in [-0.2, -0.15) is 0 Å². The number of benzene rings is 1. The normalized spacial score (nSPS) is 10.5. The number of nitrogens with one attached hydrogen (secondary N) is 2. The van der Waals surface area contributed by atoms with Crippen molar-refractivity contribution in [2.45, 2.75) is 4.34 Å². The molecule has 0 aliphatic carbocycles. The summed E-state index contributed by atoms with van der Waals surface area (Å²) in [6.07, 6.45) is 0. The van der Waals surface area contributed by atoms with E-state index < -0.39 is 4.92 Å². The highest BCUT2D eigenvalue weighted by atomic mass is 35.5. The molecule has 2 rings (SSSR count). The van der Waals surface area contributed by atoms with Crippen molar-refractivity contribution < 1.29 is 14.5 Å². The van der Waals surface area contributed by atoms with Crippen LogP contribution in [0.4, 0.5) is 16.5 Å². The quantitative estimate of drug-likeness (QED) is 0.284. The zero-order valence-electron chi connectivity index (χ0n) is 13.0. The van der Waals surface area contributed by atoms with Gasteiger partial charge in [-0.25, -0.2) is 0 Å². The minimum atomic E-state index is -0.555. The highest BCUT2D eigenvalue weighted by Crippen LogP contribution is 2.28. The third-order valence-corrected chi connectivity index (χ3v) is 5.08. The first kappa shape index (κ1) is 19.4. The number of non-ortho nitro benzene ring substituents is 1. The summed E-state index contributed by atoms with van der Waals surface area (Å²) >= 11 is 8.50. The Bertz CT molecular complexity index is 758. The Balaban J connectivity index is 1.83. The Morgan fingerprint density at radius 3 is 2.96 bits per heavy atom. The summed E-state index contributed by atoms with van der Waals surface area (Å²) in [6.45, 7) is 1.18. The molecular weight excluding hydrogens is 390 g/mol. The number of nitro benzene ring substituents is 1. The molecule has 0 saturated carbocycles. The summed E-state index contributed by atoms with van der Waals surface area (Å²) in [7, 11) is 1.61. The number of amides is 1. The molecule has 1 aromatic carbocycles. The number of aromatic nitrogens is 2. The van der Waals surface area contributed by atoms with Crippen LogP contribution in [0.15, 0.2) is 22.5 Å². The Kier molecular flexibility index (Phi) is 7.37. The standard InChI is InChI=1S/C13H14ClN5O4S2/c1-23-5-4-15-12-17-18-13(25-12)24-7-11(20)16-10-3-2-8(19(21)22)6-9(10)14/h2-3,6H,4-5,7H2,1H3,(H,15,17)(H,16,20).